The van der Waals surface area contributed by atoms with E-state index in [1.165, 1.54) is 4.90 Å². The summed E-state index contributed by atoms with van der Waals surface area (Å²) < 4.78 is 0.868. The maximum absolute atomic E-state index is 13.7. The van der Waals surface area contributed by atoms with Gasteiger partial charge in [0.2, 0.25) is 11.8 Å². The number of hydrogen-bond donors (Lipinski definition) is 0. The molecule has 146 valence electrons. The Balaban J connectivity index is 1.64. The number of carbonyl (C=O) groups is 3. The standard InChI is InChI=1S/C25H16BrNO3/c26-14-9-11-15(12-10-14)27-23(29)21-20-16-5-1-3-7-18(16)25(13-28,22(21)24(27)30)19-8-4-2-6-17(19)20/h1-13,20-22H/t20?,21-,22+,25?/m1/s1. The minimum Gasteiger partial charge on any atom is -0.302 e. The fourth-order valence-corrected chi connectivity index (χ4v) is 6.14. The first-order valence-corrected chi connectivity index (χ1v) is 10.7. The fourth-order valence-electron chi connectivity index (χ4n) is 5.88. The average molecular weight is 458 g/mol. The molecule has 0 aromatic heterocycles. The van der Waals surface area contributed by atoms with Gasteiger partial charge in [0.1, 0.15) is 6.29 Å². The quantitative estimate of drug-likeness (QED) is 0.428. The van der Waals surface area contributed by atoms with Crippen LogP contribution in [0.25, 0.3) is 0 Å². The lowest BCUT2D eigenvalue weighted by Gasteiger charge is -2.51. The summed E-state index contributed by atoms with van der Waals surface area (Å²) in [7, 11) is 0. The first-order chi connectivity index (χ1) is 14.6. The van der Waals surface area contributed by atoms with Crippen molar-refractivity contribution >= 4 is 39.7 Å². The summed E-state index contributed by atoms with van der Waals surface area (Å²) in [6.07, 6.45) is 0.897. The van der Waals surface area contributed by atoms with Crippen molar-refractivity contribution in [3.05, 3.63) is 99.5 Å². The SMILES string of the molecule is O=CC12c3ccccc3C(c3ccccc31)[C@H]1C(=O)N(c3ccc(Br)cc3)C(=O)[C@H]12. The molecule has 7 rings (SSSR count). The third kappa shape index (κ3) is 1.94. The second-order valence-corrected chi connectivity index (χ2v) is 9.05. The van der Waals surface area contributed by atoms with Crippen molar-refractivity contribution in [3.8, 4) is 0 Å². The number of carbonyl (C=O) groups excluding carboxylic acids is 3. The number of benzene rings is 3. The molecule has 2 atom stereocenters. The number of amides is 2. The highest BCUT2D eigenvalue weighted by Crippen LogP contribution is 2.63. The minimum absolute atomic E-state index is 0.229. The Labute approximate surface area is 181 Å². The molecule has 1 saturated heterocycles. The van der Waals surface area contributed by atoms with Gasteiger partial charge in [0, 0.05) is 10.4 Å². The van der Waals surface area contributed by atoms with Crippen LogP contribution in [-0.2, 0) is 19.8 Å². The number of imide groups is 1. The molecule has 0 spiro atoms. The fraction of sp³-hybridized carbons (Fsp3) is 0.160. The van der Waals surface area contributed by atoms with E-state index in [4.69, 9.17) is 0 Å². The molecule has 2 bridgehead atoms. The van der Waals surface area contributed by atoms with Crippen LogP contribution >= 0.6 is 15.9 Å². The van der Waals surface area contributed by atoms with E-state index in [2.05, 4.69) is 15.9 Å². The zero-order valence-electron chi connectivity index (χ0n) is 15.8. The van der Waals surface area contributed by atoms with Crippen molar-refractivity contribution in [1.29, 1.82) is 0 Å². The number of anilines is 1. The normalized spacial score (nSPS) is 28.2. The van der Waals surface area contributed by atoms with Crippen LogP contribution in [-0.4, -0.2) is 18.1 Å². The zero-order chi connectivity index (χ0) is 20.6. The van der Waals surface area contributed by atoms with Gasteiger partial charge in [-0.25, -0.2) is 4.90 Å². The molecule has 5 heteroatoms. The highest BCUT2D eigenvalue weighted by Gasteiger charge is 2.68. The summed E-state index contributed by atoms with van der Waals surface area (Å²) in [5, 5.41) is 0. The van der Waals surface area contributed by atoms with E-state index < -0.39 is 17.3 Å². The van der Waals surface area contributed by atoms with E-state index in [0.29, 0.717) is 5.69 Å². The van der Waals surface area contributed by atoms with Gasteiger partial charge in [-0.3, -0.25) is 9.59 Å². The predicted molar refractivity (Wildman–Crippen MR) is 115 cm³/mol. The van der Waals surface area contributed by atoms with Gasteiger partial charge in [-0.05, 0) is 46.5 Å². The topological polar surface area (TPSA) is 54.5 Å². The number of rotatable bonds is 2. The number of nitrogens with zero attached hydrogens (tertiary/aromatic N) is 1. The van der Waals surface area contributed by atoms with Crippen molar-refractivity contribution in [1.82, 2.24) is 0 Å². The number of hydrogen-bond acceptors (Lipinski definition) is 3. The summed E-state index contributed by atoms with van der Waals surface area (Å²) in [5.41, 5.74) is 3.04. The third-order valence-electron chi connectivity index (χ3n) is 6.95. The van der Waals surface area contributed by atoms with Gasteiger partial charge in [-0.2, -0.15) is 0 Å². The molecule has 4 nitrogen and oxygen atoms in total. The smallest absolute Gasteiger partial charge is 0.239 e. The average Bonchev–Trinajstić information content (AvgIpc) is 3.05. The third-order valence-corrected chi connectivity index (χ3v) is 7.48. The van der Waals surface area contributed by atoms with Gasteiger partial charge in [0.05, 0.1) is 22.9 Å². The van der Waals surface area contributed by atoms with E-state index in [-0.39, 0.29) is 17.7 Å². The Morgan fingerprint density at radius 1 is 0.800 bits per heavy atom. The molecule has 1 fully saturated rings. The molecular formula is C25H16BrNO3. The van der Waals surface area contributed by atoms with Gasteiger partial charge in [-0.15, -0.1) is 0 Å². The maximum Gasteiger partial charge on any atom is 0.239 e. The molecule has 1 heterocycles. The van der Waals surface area contributed by atoms with Crippen LogP contribution in [0.15, 0.2) is 77.3 Å². The Kier molecular flexibility index (Phi) is 3.55. The maximum atomic E-state index is 13.7. The summed E-state index contributed by atoms with van der Waals surface area (Å²) in [6.45, 7) is 0. The van der Waals surface area contributed by atoms with Crippen LogP contribution in [0.5, 0.6) is 0 Å². The molecule has 3 aromatic rings. The van der Waals surface area contributed by atoms with E-state index in [1.807, 2.05) is 60.7 Å². The zero-order valence-corrected chi connectivity index (χ0v) is 17.4. The lowest BCUT2D eigenvalue weighted by molar-refractivity contribution is -0.128. The summed E-state index contributed by atoms with van der Waals surface area (Å²) in [6, 6.07) is 22.6. The lowest BCUT2D eigenvalue weighted by Crippen LogP contribution is -2.54. The molecule has 0 saturated carbocycles. The van der Waals surface area contributed by atoms with Crippen LogP contribution < -0.4 is 4.90 Å². The molecular weight excluding hydrogens is 442 g/mol. The highest BCUT2D eigenvalue weighted by molar-refractivity contribution is 9.10. The van der Waals surface area contributed by atoms with Crippen molar-refractivity contribution in [2.24, 2.45) is 11.8 Å². The van der Waals surface area contributed by atoms with Gasteiger partial charge in [0.15, 0.2) is 0 Å². The molecule has 2 amide bonds. The number of aldehydes is 1. The van der Waals surface area contributed by atoms with Crippen LogP contribution in [0.3, 0.4) is 0 Å². The Morgan fingerprint density at radius 3 is 1.93 bits per heavy atom. The van der Waals surface area contributed by atoms with Gasteiger partial charge >= 0.3 is 0 Å². The van der Waals surface area contributed by atoms with Gasteiger partial charge < -0.3 is 4.79 Å². The summed E-state index contributed by atoms with van der Waals surface area (Å²) >= 11 is 3.40. The predicted octanol–water partition coefficient (Wildman–Crippen LogP) is 4.20. The van der Waals surface area contributed by atoms with Crippen molar-refractivity contribution < 1.29 is 14.4 Å². The largest absolute Gasteiger partial charge is 0.302 e. The minimum atomic E-state index is -1.15. The Hall–Kier alpha value is -3.05. The highest BCUT2D eigenvalue weighted by atomic mass is 79.9. The van der Waals surface area contributed by atoms with Crippen LogP contribution in [0, 0.1) is 11.8 Å². The Morgan fingerprint density at radius 2 is 1.37 bits per heavy atom. The molecule has 3 aromatic carbocycles. The van der Waals surface area contributed by atoms with Crippen molar-refractivity contribution in [3.63, 3.8) is 0 Å². The number of halogens is 1. The van der Waals surface area contributed by atoms with Crippen molar-refractivity contribution in [2.45, 2.75) is 11.3 Å². The molecule has 30 heavy (non-hydrogen) atoms. The molecule has 0 N–H and O–H groups in total. The van der Waals surface area contributed by atoms with Crippen LogP contribution in [0.2, 0.25) is 0 Å². The molecule has 0 unspecified atom stereocenters. The molecule has 4 aliphatic rings. The molecule has 3 aliphatic carbocycles. The van der Waals surface area contributed by atoms with E-state index in [0.717, 1.165) is 33.0 Å². The van der Waals surface area contributed by atoms with Crippen LogP contribution in [0.4, 0.5) is 5.69 Å². The molecule has 1 aliphatic heterocycles. The lowest BCUT2D eigenvalue weighted by atomic mass is 9.48. The summed E-state index contributed by atoms with van der Waals surface area (Å²) in [5.74, 6) is -2.08. The van der Waals surface area contributed by atoms with Gasteiger partial charge in [0.25, 0.3) is 0 Å². The van der Waals surface area contributed by atoms with E-state index >= 15 is 0 Å². The summed E-state index contributed by atoms with van der Waals surface area (Å²) in [4.78, 5) is 41.6. The first kappa shape index (κ1) is 17.8. The Bertz CT molecular complexity index is 1200. The van der Waals surface area contributed by atoms with Crippen molar-refractivity contribution in [2.75, 3.05) is 4.90 Å². The molecule has 0 radical (unpaired) electrons. The van der Waals surface area contributed by atoms with Gasteiger partial charge in [-0.1, -0.05) is 64.5 Å². The second-order valence-electron chi connectivity index (χ2n) is 8.13. The first-order valence-electron chi connectivity index (χ1n) is 9.88. The van der Waals surface area contributed by atoms with Crippen LogP contribution in [0.1, 0.15) is 28.2 Å². The second kappa shape index (κ2) is 5.99. The monoisotopic (exact) mass is 457 g/mol. The van der Waals surface area contributed by atoms with E-state index in [9.17, 15) is 14.4 Å². The van der Waals surface area contributed by atoms with E-state index in [1.54, 1.807) is 12.1 Å².